The zero-order chi connectivity index (χ0) is 4.83. The number of halogens is 2. The normalized spacial score (nSPS) is 13.0. The topological polar surface area (TPSA) is 0 Å². The van der Waals surface area contributed by atoms with Gasteiger partial charge < -0.3 is 0 Å². The number of rotatable bonds is 2. The number of hydrogen-bond donors (Lipinski definition) is 0. The quantitative estimate of drug-likeness (QED) is 0.543. The Labute approximate surface area is 55.4 Å². The third kappa shape index (κ3) is 5.46. The molecular weight excluding hydrogens is 302 g/mol. The van der Waals surface area contributed by atoms with Gasteiger partial charge in [-0.1, -0.05) is 40.1 Å². The van der Waals surface area contributed by atoms with Gasteiger partial charge in [0.25, 0.3) is 0 Å². The first kappa shape index (κ1) is 7.46. The smallest absolute Gasteiger partial charge is 0.000744 e. The van der Waals surface area contributed by atoms with Crippen molar-refractivity contribution in [1.29, 1.82) is 0 Å². The van der Waals surface area contributed by atoms with Crippen molar-refractivity contribution in [3.05, 3.63) is 0 Å². The van der Waals surface area contributed by atoms with E-state index in [0.29, 0.717) is 16.6 Å². The Hall–Kier alpha value is 1.46. The van der Waals surface area contributed by atoms with Crippen LogP contribution < -0.4 is 0 Å². The third-order valence-electron chi connectivity index (χ3n) is 0.361. The molecule has 0 atom stereocenters. The predicted octanol–water partition coefficient (Wildman–Crippen LogP) is 2.88. The van der Waals surface area contributed by atoms with Crippen LogP contribution in [0.1, 0.15) is 13.3 Å². The minimum Gasteiger partial charge on any atom is -0.0899 e. The van der Waals surface area contributed by atoms with Gasteiger partial charge in [0.05, 0.1) is 0 Å². The highest BCUT2D eigenvalue weighted by molar-refractivity contribution is 14.8. The van der Waals surface area contributed by atoms with Crippen LogP contribution in [0.5, 0.6) is 0 Å². The molecule has 0 saturated heterocycles. The maximum Gasteiger partial charge on any atom is -0.000744 e. The van der Waals surface area contributed by atoms with Crippen molar-refractivity contribution in [2.24, 2.45) is 0 Å². The first-order valence-electron chi connectivity index (χ1n) is 2.00. The summed E-state index contributed by atoms with van der Waals surface area (Å²) in [6.45, 7) is 2.28. The van der Waals surface area contributed by atoms with E-state index in [1.54, 1.807) is 4.43 Å². The highest BCUT2D eigenvalue weighted by Crippen LogP contribution is 2.12. The van der Waals surface area contributed by atoms with Crippen molar-refractivity contribution in [3.63, 3.8) is 0 Å². The van der Waals surface area contributed by atoms with E-state index >= 15 is 0 Å². The summed E-state index contributed by atoms with van der Waals surface area (Å²) >= 11 is 1.45. The molecule has 6 heavy (non-hydrogen) atoms. The van der Waals surface area contributed by atoms with Gasteiger partial charge >= 0.3 is 0 Å². The van der Waals surface area contributed by atoms with Crippen molar-refractivity contribution in [2.45, 2.75) is 13.3 Å². The van der Waals surface area contributed by atoms with Crippen molar-refractivity contribution in [1.82, 2.24) is 0 Å². The first-order chi connectivity index (χ1) is 2.91. The molecule has 0 unspecified atom stereocenters. The SMILES string of the molecule is CCCI=IC. The molecule has 0 fully saturated rings. The Morgan fingerprint density at radius 2 is 2.17 bits per heavy atom. The van der Waals surface area contributed by atoms with Gasteiger partial charge in [-0.15, -0.1) is 0 Å². The van der Waals surface area contributed by atoms with Crippen LogP contribution in [0.3, 0.4) is 0 Å². The van der Waals surface area contributed by atoms with E-state index in [9.17, 15) is 0 Å². The van der Waals surface area contributed by atoms with Crippen molar-refractivity contribution < 1.29 is 0 Å². The molecule has 0 N–H and O–H groups in total. The second-order valence-corrected chi connectivity index (χ2v) is 12.7. The predicted molar refractivity (Wildman–Crippen MR) is 49.1 cm³/mol. The van der Waals surface area contributed by atoms with Gasteiger partial charge in [-0.05, 0) is 15.8 Å². The van der Waals surface area contributed by atoms with E-state index in [1.807, 2.05) is 0 Å². The second kappa shape index (κ2) is 6.46. The van der Waals surface area contributed by atoms with Gasteiger partial charge in [0.2, 0.25) is 0 Å². The molecule has 0 aromatic rings. The molecule has 0 bridgehead atoms. The van der Waals surface area contributed by atoms with Crippen LogP contribution in [0.15, 0.2) is 0 Å². The van der Waals surface area contributed by atoms with Crippen LogP contribution in [0.25, 0.3) is 0 Å². The lowest BCUT2D eigenvalue weighted by Gasteiger charge is -1.74. The molecular formula is C4H10I2. The lowest BCUT2D eigenvalue weighted by Crippen LogP contribution is -1.56. The Bertz CT molecular complexity index is 40.8. The van der Waals surface area contributed by atoms with Gasteiger partial charge in [0, 0.05) is 0 Å². The van der Waals surface area contributed by atoms with E-state index in [4.69, 9.17) is 0 Å². The van der Waals surface area contributed by atoms with Gasteiger partial charge in [0.15, 0.2) is 0 Å². The highest BCUT2D eigenvalue weighted by atomic mass is 128. The van der Waals surface area contributed by atoms with Gasteiger partial charge in [0.1, 0.15) is 0 Å². The molecule has 0 radical (unpaired) electrons. The molecule has 2 heteroatoms. The summed E-state index contributed by atoms with van der Waals surface area (Å²) in [7, 11) is 0. The van der Waals surface area contributed by atoms with E-state index in [0.717, 1.165) is 16.6 Å². The van der Waals surface area contributed by atoms with E-state index in [2.05, 4.69) is 11.9 Å². The Morgan fingerprint density at radius 3 is 2.33 bits per heavy atom. The molecule has 0 aliphatic rings. The van der Waals surface area contributed by atoms with Gasteiger partial charge in [-0.3, -0.25) is 0 Å². The number of hydrogen-bond acceptors (Lipinski definition) is 0. The molecule has 0 aromatic heterocycles. The van der Waals surface area contributed by atoms with Gasteiger partial charge in [-0.25, -0.2) is 0 Å². The fourth-order valence-electron chi connectivity index (χ4n) is 0.143. The minimum atomic E-state index is 0.711. The summed E-state index contributed by atoms with van der Waals surface area (Å²) in [6.07, 6.45) is 1.43. The maximum atomic E-state index is 2.39. The van der Waals surface area contributed by atoms with Crippen LogP contribution in [-0.4, -0.2) is 9.36 Å². The molecule has 0 nitrogen and oxygen atoms in total. The van der Waals surface area contributed by atoms with E-state index < -0.39 is 0 Å². The molecule has 0 amide bonds. The lowest BCUT2D eigenvalue weighted by molar-refractivity contribution is 1.13. The summed E-state index contributed by atoms with van der Waals surface area (Å²) in [5.74, 6) is 0. The maximum absolute atomic E-state index is 2.39. The third-order valence-corrected chi connectivity index (χ3v) is 9.03. The fourth-order valence-corrected chi connectivity index (χ4v) is 6.43. The van der Waals surface area contributed by atoms with Crippen LogP contribution in [0.2, 0.25) is 0 Å². The van der Waals surface area contributed by atoms with Crippen molar-refractivity contribution in [3.8, 4) is 0 Å². The Balaban J connectivity index is 2.66. The first-order valence-corrected chi connectivity index (χ1v) is 12.0. The Morgan fingerprint density at radius 1 is 1.50 bits per heavy atom. The monoisotopic (exact) mass is 312 g/mol. The van der Waals surface area contributed by atoms with Crippen LogP contribution in [0, 0.1) is 0 Å². The summed E-state index contributed by atoms with van der Waals surface area (Å²) in [5.41, 5.74) is 0. The highest BCUT2D eigenvalue weighted by Gasteiger charge is 1.66. The van der Waals surface area contributed by atoms with Crippen LogP contribution in [0.4, 0.5) is 0 Å². The standard InChI is InChI=1S/C4H10I2/c1-3-4-6-5-2/h3-4H2,1-2H3. The average Bonchev–Trinajstić information content (AvgIpc) is 1.61. The zero-order valence-electron chi connectivity index (χ0n) is 4.17. The van der Waals surface area contributed by atoms with Crippen LogP contribution >= 0.6 is 33.2 Å². The molecule has 40 valence electrons. The molecule has 0 aliphatic carbocycles. The molecule has 0 spiro atoms. The molecule has 0 rings (SSSR count). The lowest BCUT2D eigenvalue weighted by atomic mass is 10.6. The summed E-state index contributed by atoms with van der Waals surface area (Å²) < 4.78 is 1.57. The second-order valence-electron chi connectivity index (χ2n) is 0.933. The molecule has 0 heterocycles. The van der Waals surface area contributed by atoms with Crippen molar-refractivity contribution in [2.75, 3.05) is 9.36 Å². The number of alkyl halides is 2. The Kier molecular flexibility index (Phi) is 8.03. The van der Waals surface area contributed by atoms with Gasteiger partial charge in [-0.2, -0.15) is 0 Å². The summed E-state index contributed by atoms with van der Waals surface area (Å²) in [5, 5.41) is 0. The molecule has 0 aliphatic heterocycles. The minimum absolute atomic E-state index is 0.711. The van der Waals surface area contributed by atoms with Crippen LogP contribution in [-0.2, 0) is 0 Å². The molecule has 0 saturated carbocycles. The van der Waals surface area contributed by atoms with Crippen molar-refractivity contribution >= 4 is 33.2 Å². The summed E-state index contributed by atoms with van der Waals surface area (Å²) in [4.78, 5) is 2.39. The summed E-state index contributed by atoms with van der Waals surface area (Å²) in [6, 6.07) is 0. The zero-order valence-corrected chi connectivity index (χ0v) is 8.49. The van der Waals surface area contributed by atoms with E-state index in [-0.39, 0.29) is 0 Å². The fraction of sp³-hybridized carbons (Fsp3) is 1.00. The molecule has 0 aromatic carbocycles. The average molecular weight is 312 g/mol. The van der Waals surface area contributed by atoms with E-state index in [1.165, 1.54) is 6.42 Å². The largest absolute Gasteiger partial charge is 0.0899 e.